The van der Waals surface area contributed by atoms with Crippen LogP contribution >= 0.6 is 0 Å². The van der Waals surface area contributed by atoms with E-state index in [4.69, 9.17) is 0 Å². The maximum Gasteiger partial charge on any atom is 0.302 e. The summed E-state index contributed by atoms with van der Waals surface area (Å²) in [5.74, 6) is -2.42. The molecule has 0 saturated carbocycles. The molecule has 1 rings (SSSR count). The minimum absolute atomic E-state index is 0.0207. The first-order valence-corrected chi connectivity index (χ1v) is 5.30. The van der Waals surface area contributed by atoms with Crippen LogP contribution in [0, 0.1) is 11.6 Å². The zero-order valence-corrected chi connectivity index (χ0v) is 7.82. The first kappa shape index (κ1) is 11.0. The SMILES string of the molecule is O=S(=O)(F)CCc1ccc(F)cc1F. The molecule has 0 aliphatic rings. The van der Waals surface area contributed by atoms with Crippen LogP contribution in [0.1, 0.15) is 5.56 Å². The minimum Gasteiger partial charge on any atom is -0.207 e. The first-order valence-electron chi connectivity index (χ1n) is 3.75. The third-order valence-corrected chi connectivity index (χ3v) is 2.32. The van der Waals surface area contributed by atoms with Crippen molar-refractivity contribution in [3.05, 3.63) is 35.4 Å². The van der Waals surface area contributed by atoms with Crippen molar-refractivity contribution < 1.29 is 21.1 Å². The molecule has 0 aromatic heterocycles. The molecule has 0 amide bonds. The molecule has 0 bridgehead atoms. The lowest BCUT2D eigenvalue weighted by molar-refractivity contribution is 0.548. The Bertz CT molecular complexity index is 428. The Morgan fingerprint density at radius 2 is 1.86 bits per heavy atom. The zero-order chi connectivity index (χ0) is 10.8. The average Bonchev–Trinajstić information content (AvgIpc) is 2.00. The fourth-order valence-corrected chi connectivity index (χ4v) is 1.42. The van der Waals surface area contributed by atoms with Gasteiger partial charge in [-0.2, -0.15) is 8.42 Å². The van der Waals surface area contributed by atoms with Gasteiger partial charge in [-0.05, 0) is 18.1 Å². The molecule has 0 heterocycles. The summed E-state index contributed by atoms with van der Waals surface area (Å²) in [7, 11) is -4.61. The van der Waals surface area contributed by atoms with Gasteiger partial charge in [0.1, 0.15) is 11.6 Å². The van der Waals surface area contributed by atoms with Crippen molar-refractivity contribution in [3.63, 3.8) is 0 Å². The molecule has 0 radical (unpaired) electrons. The van der Waals surface area contributed by atoms with E-state index in [1.807, 2.05) is 0 Å². The molecule has 78 valence electrons. The first-order chi connectivity index (χ1) is 6.38. The Hall–Kier alpha value is -1.04. The normalized spacial score (nSPS) is 11.6. The second-order valence-electron chi connectivity index (χ2n) is 2.73. The largest absolute Gasteiger partial charge is 0.302 e. The van der Waals surface area contributed by atoms with Crippen molar-refractivity contribution >= 4 is 10.2 Å². The van der Waals surface area contributed by atoms with Crippen molar-refractivity contribution in [1.29, 1.82) is 0 Å². The fourth-order valence-electron chi connectivity index (χ4n) is 0.956. The molecule has 1 aromatic rings. The molecule has 0 fully saturated rings. The van der Waals surface area contributed by atoms with Gasteiger partial charge in [-0.3, -0.25) is 0 Å². The van der Waals surface area contributed by atoms with Crippen LogP contribution < -0.4 is 0 Å². The van der Waals surface area contributed by atoms with Crippen molar-refractivity contribution in [2.75, 3.05) is 5.75 Å². The second kappa shape index (κ2) is 4.00. The van der Waals surface area contributed by atoms with Crippen LogP contribution in [0.3, 0.4) is 0 Å². The van der Waals surface area contributed by atoms with Gasteiger partial charge in [0.2, 0.25) is 0 Å². The summed E-state index contributed by atoms with van der Waals surface area (Å²) < 4.78 is 57.6. The average molecular weight is 224 g/mol. The lowest BCUT2D eigenvalue weighted by atomic mass is 10.1. The van der Waals surface area contributed by atoms with E-state index in [0.29, 0.717) is 6.07 Å². The van der Waals surface area contributed by atoms with Crippen molar-refractivity contribution in [1.82, 2.24) is 0 Å². The van der Waals surface area contributed by atoms with Crippen molar-refractivity contribution in [3.8, 4) is 0 Å². The molecule has 0 saturated heterocycles. The predicted molar refractivity (Wildman–Crippen MR) is 45.0 cm³/mol. The summed E-state index contributed by atoms with van der Waals surface area (Å²) >= 11 is 0. The number of hydrogen-bond donors (Lipinski definition) is 0. The highest BCUT2D eigenvalue weighted by Crippen LogP contribution is 2.11. The van der Waals surface area contributed by atoms with Crippen LogP contribution in [-0.4, -0.2) is 14.2 Å². The van der Waals surface area contributed by atoms with Gasteiger partial charge in [0.15, 0.2) is 0 Å². The summed E-state index contributed by atoms with van der Waals surface area (Å²) in [5, 5.41) is 0. The summed E-state index contributed by atoms with van der Waals surface area (Å²) in [5.41, 5.74) is -0.0207. The maximum atomic E-state index is 12.9. The van der Waals surface area contributed by atoms with Gasteiger partial charge in [-0.15, -0.1) is 3.89 Å². The summed E-state index contributed by atoms with van der Waals surface area (Å²) in [6.07, 6.45) is -0.301. The van der Waals surface area contributed by atoms with E-state index in [0.717, 1.165) is 12.1 Å². The Kier molecular flexibility index (Phi) is 3.15. The molecule has 2 nitrogen and oxygen atoms in total. The second-order valence-corrected chi connectivity index (χ2v) is 4.21. The third-order valence-electron chi connectivity index (χ3n) is 1.63. The van der Waals surface area contributed by atoms with Gasteiger partial charge < -0.3 is 0 Å². The number of halogens is 3. The Morgan fingerprint density at radius 3 is 2.36 bits per heavy atom. The third kappa shape index (κ3) is 3.37. The quantitative estimate of drug-likeness (QED) is 0.734. The lowest BCUT2D eigenvalue weighted by Crippen LogP contribution is -2.03. The van der Waals surface area contributed by atoms with Gasteiger partial charge in [0, 0.05) is 6.07 Å². The van der Waals surface area contributed by atoms with Gasteiger partial charge in [0.25, 0.3) is 0 Å². The van der Waals surface area contributed by atoms with Gasteiger partial charge in [-0.25, -0.2) is 8.78 Å². The lowest BCUT2D eigenvalue weighted by Gasteiger charge is -2.00. The Morgan fingerprint density at radius 1 is 1.21 bits per heavy atom. The molecule has 0 aliphatic heterocycles. The standard InChI is InChI=1S/C8H7F3O2S/c9-7-2-1-6(8(10)5-7)3-4-14(11,12)13/h1-2,5H,3-4H2. The predicted octanol–water partition coefficient (Wildman–Crippen LogP) is 1.81. The van der Waals surface area contributed by atoms with Crippen LogP contribution in [0.2, 0.25) is 0 Å². The monoisotopic (exact) mass is 224 g/mol. The summed E-state index contributed by atoms with van der Waals surface area (Å²) in [6, 6.07) is 2.71. The molecule has 0 aliphatic carbocycles. The van der Waals surface area contributed by atoms with Crippen LogP contribution in [-0.2, 0) is 16.6 Å². The molecule has 0 atom stereocenters. The van der Waals surface area contributed by atoms with E-state index < -0.39 is 27.6 Å². The van der Waals surface area contributed by atoms with E-state index in [-0.39, 0.29) is 12.0 Å². The molecule has 1 aromatic carbocycles. The molecular formula is C8H7F3O2S. The molecular weight excluding hydrogens is 217 g/mol. The van der Waals surface area contributed by atoms with E-state index in [1.165, 1.54) is 0 Å². The Labute approximate surface area is 79.6 Å². The van der Waals surface area contributed by atoms with E-state index in [9.17, 15) is 21.1 Å². The smallest absolute Gasteiger partial charge is 0.207 e. The maximum absolute atomic E-state index is 12.9. The summed E-state index contributed by atoms with van der Waals surface area (Å²) in [6.45, 7) is 0. The number of hydrogen-bond acceptors (Lipinski definition) is 2. The number of rotatable bonds is 3. The van der Waals surface area contributed by atoms with E-state index >= 15 is 0 Å². The zero-order valence-electron chi connectivity index (χ0n) is 7.00. The van der Waals surface area contributed by atoms with E-state index in [1.54, 1.807) is 0 Å². The topological polar surface area (TPSA) is 34.1 Å². The highest BCUT2D eigenvalue weighted by molar-refractivity contribution is 7.86. The minimum atomic E-state index is -4.61. The van der Waals surface area contributed by atoms with E-state index in [2.05, 4.69) is 0 Å². The molecule has 14 heavy (non-hydrogen) atoms. The van der Waals surface area contributed by atoms with Crippen LogP contribution in [0.4, 0.5) is 12.7 Å². The molecule has 6 heteroatoms. The number of benzene rings is 1. The Balaban J connectivity index is 2.78. The van der Waals surface area contributed by atoms with Crippen LogP contribution in [0.5, 0.6) is 0 Å². The highest BCUT2D eigenvalue weighted by Gasteiger charge is 2.10. The molecule has 0 N–H and O–H groups in total. The summed E-state index contributed by atoms with van der Waals surface area (Å²) in [4.78, 5) is 0. The molecule has 0 spiro atoms. The van der Waals surface area contributed by atoms with Crippen molar-refractivity contribution in [2.24, 2.45) is 0 Å². The van der Waals surface area contributed by atoms with Crippen molar-refractivity contribution in [2.45, 2.75) is 6.42 Å². The van der Waals surface area contributed by atoms with Crippen LogP contribution in [0.15, 0.2) is 18.2 Å². The molecule has 0 unspecified atom stereocenters. The van der Waals surface area contributed by atoms with Gasteiger partial charge in [0.05, 0.1) is 5.75 Å². The van der Waals surface area contributed by atoms with Gasteiger partial charge >= 0.3 is 10.2 Å². The number of aryl methyl sites for hydroxylation is 1. The highest BCUT2D eigenvalue weighted by atomic mass is 32.3. The fraction of sp³-hybridized carbons (Fsp3) is 0.250. The van der Waals surface area contributed by atoms with Crippen LogP contribution in [0.25, 0.3) is 0 Å². The van der Waals surface area contributed by atoms with Gasteiger partial charge in [-0.1, -0.05) is 6.07 Å².